The summed E-state index contributed by atoms with van der Waals surface area (Å²) in [5.41, 5.74) is 0.829. The Balaban J connectivity index is 5.28. The topological polar surface area (TPSA) is 52.6 Å². The van der Waals surface area contributed by atoms with Gasteiger partial charge in [-0.25, -0.2) is 9.59 Å². The van der Waals surface area contributed by atoms with Gasteiger partial charge in [0.15, 0.2) is 0 Å². The van der Waals surface area contributed by atoms with Crippen LogP contribution < -0.4 is 0 Å². The van der Waals surface area contributed by atoms with Gasteiger partial charge >= 0.3 is 11.9 Å². The molecule has 16 heavy (non-hydrogen) atoms. The number of hydrogen-bond donors (Lipinski definition) is 0. The highest BCUT2D eigenvalue weighted by Gasteiger charge is 2.21. The first-order valence-corrected chi connectivity index (χ1v) is 5.36. The molecule has 0 saturated carbocycles. The highest BCUT2D eigenvalue weighted by atomic mass is 16.5. The van der Waals surface area contributed by atoms with Gasteiger partial charge in [-0.2, -0.15) is 0 Å². The monoisotopic (exact) mass is 228 g/mol. The summed E-state index contributed by atoms with van der Waals surface area (Å²) < 4.78 is 9.34. The van der Waals surface area contributed by atoms with Gasteiger partial charge in [0.25, 0.3) is 0 Å². The van der Waals surface area contributed by atoms with Crippen molar-refractivity contribution in [3.05, 3.63) is 11.1 Å². The first kappa shape index (κ1) is 14.7. The second-order valence-corrected chi connectivity index (χ2v) is 3.89. The van der Waals surface area contributed by atoms with E-state index in [0.717, 1.165) is 0 Å². The van der Waals surface area contributed by atoms with Crippen molar-refractivity contribution in [2.24, 2.45) is 5.92 Å². The molecule has 0 N–H and O–H groups in total. The Labute approximate surface area is 96.6 Å². The van der Waals surface area contributed by atoms with Gasteiger partial charge < -0.3 is 9.47 Å². The van der Waals surface area contributed by atoms with Crippen molar-refractivity contribution < 1.29 is 19.1 Å². The van der Waals surface area contributed by atoms with Crippen molar-refractivity contribution >= 4 is 11.9 Å². The summed E-state index contributed by atoms with van der Waals surface area (Å²) in [6.07, 6.45) is 0.981. The third kappa shape index (κ3) is 4.04. The van der Waals surface area contributed by atoms with Crippen molar-refractivity contribution in [2.75, 3.05) is 14.2 Å². The Hall–Kier alpha value is -1.32. The predicted octanol–water partition coefficient (Wildman–Crippen LogP) is 2.09. The zero-order valence-electron chi connectivity index (χ0n) is 10.6. The molecule has 92 valence electrons. The lowest BCUT2D eigenvalue weighted by Crippen LogP contribution is -2.16. The summed E-state index contributed by atoms with van der Waals surface area (Å²) in [6, 6.07) is 0. The van der Waals surface area contributed by atoms with E-state index in [2.05, 4.69) is 9.47 Å². The van der Waals surface area contributed by atoms with E-state index in [0.29, 0.717) is 24.0 Å². The molecule has 0 fully saturated rings. The molecule has 0 rings (SSSR count). The molecular formula is C12H20O4. The zero-order chi connectivity index (χ0) is 12.7. The molecule has 0 aromatic heterocycles. The number of carbonyl (C=O) groups excluding carboxylic acids is 2. The molecule has 0 radical (unpaired) electrons. The molecule has 0 aliphatic carbocycles. The second-order valence-electron chi connectivity index (χ2n) is 3.89. The summed E-state index contributed by atoms with van der Waals surface area (Å²) in [6.45, 7) is 5.77. The van der Waals surface area contributed by atoms with E-state index < -0.39 is 11.9 Å². The first-order chi connectivity index (χ1) is 7.47. The molecule has 4 nitrogen and oxygen atoms in total. The fourth-order valence-corrected chi connectivity index (χ4v) is 1.47. The first-order valence-electron chi connectivity index (χ1n) is 5.36. The average Bonchev–Trinajstić information content (AvgIpc) is 2.26. The summed E-state index contributed by atoms with van der Waals surface area (Å²) >= 11 is 0. The Morgan fingerprint density at radius 2 is 1.44 bits per heavy atom. The van der Waals surface area contributed by atoms with E-state index >= 15 is 0 Å². The van der Waals surface area contributed by atoms with Gasteiger partial charge in [-0.15, -0.1) is 0 Å². The number of rotatable bonds is 5. The highest BCUT2D eigenvalue weighted by Crippen LogP contribution is 2.20. The average molecular weight is 228 g/mol. The van der Waals surface area contributed by atoms with Gasteiger partial charge in [-0.05, 0) is 18.8 Å². The van der Waals surface area contributed by atoms with Crippen molar-refractivity contribution in [3.8, 4) is 0 Å². The van der Waals surface area contributed by atoms with Crippen LogP contribution in [0.5, 0.6) is 0 Å². The van der Waals surface area contributed by atoms with Crippen LogP contribution in [0.25, 0.3) is 0 Å². The molecule has 0 heterocycles. The van der Waals surface area contributed by atoms with E-state index in [1.165, 1.54) is 14.2 Å². The van der Waals surface area contributed by atoms with Crippen molar-refractivity contribution in [2.45, 2.75) is 33.6 Å². The lowest BCUT2D eigenvalue weighted by Gasteiger charge is -2.12. The van der Waals surface area contributed by atoms with Crippen LogP contribution in [-0.2, 0) is 19.1 Å². The van der Waals surface area contributed by atoms with Crippen molar-refractivity contribution in [1.29, 1.82) is 0 Å². The predicted molar refractivity (Wildman–Crippen MR) is 60.8 cm³/mol. The third-order valence-electron chi connectivity index (χ3n) is 2.19. The molecule has 0 amide bonds. The molecule has 0 spiro atoms. The molecule has 0 atom stereocenters. The molecular weight excluding hydrogens is 208 g/mol. The maximum Gasteiger partial charge on any atom is 0.334 e. The van der Waals surface area contributed by atoms with E-state index in [1.807, 2.05) is 20.8 Å². The summed E-state index contributed by atoms with van der Waals surface area (Å²) in [7, 11) is 2.62. The number of methoxy groups -OCH3 is 2. The van der Waals surface area contributed by atoms with Gasteiger partial charge in [-0.1, -0.05) is 20.8 Å². The quantitative estimate of drug-likeness (QED) is 0.534. The van der Waals surface area contributed by atoms with Gasteiger partial charge in [0, 0.05) is 11.1 Å². The second kappa shape index (κ2) is 7.04. The SMILES string of the molecule is CC/C(C(=O)OC)=C(\CC(C)C)C(=O)OC. The summed E-state index contributed by atoms with van der Waals surface area (Å²) in [5, 5.41) is 0. The molecule has 0 bridgehead atoms. The lowest BCUT2D eigenvalue weighted by atomic mass is 9.96. The largest absolute Gasteiger partial charge is 0.466 e. The summed E-state index contributed by atoms with van der Waals surface area (Å²) in [4.78, 5) is 23.1. The van der Waals surface area contributed by atoms with Crippen LogP contribution in [0.15, 0.2) is 11.1 Å². The minimum Gasteiger partial charge on any atom is -0.466 e. The molecule has 0 aromatic rings. The van der Waals surface area contributed by atoms with Crippen LogP contribution >= 0.6 is 0 Å². The standard InChI is InChI=1S/C12H20O4/c1-6-9(11(13)15-4)10(7-8(2)3)12(14)16-5/h8H,6-7H2,1-5H3/b10-9-. The van der Waals surface area contributed by atoms with Gasteiger partial charge in [0.2, 0.25) is 0 Å². The van der Waals surface area contributed by atoms with E-state index in [4.69, 9.17) is 0 Å². The van der Waals surface area contributed by atoms with Crippen molar-refractivity contribution in [3.63, 3.8) is 0 Å². The molecule has 0 aromatic carbocycles. The minimum atomic E-state index is -0.455. The zero-order valence-corrected chi connectivity index (χ0v) is 10.6. The number of ether oxygens (including phenoxy) is 2. The fraction of sp³-hybridized carbons (Fsp3) is 0.667. The Bertz CT molecular complexity index is 289. The van der Waals surface area contributed by atoms with Crippen LogP contribution in [0.2, 0.25) is 0 Å². The number of esters is 2. The molecule has 0 aliphatic rings. The highest BCUT2D eigenvalue weighted by molar-refractivity contribution is 6.00. The van der Waals surface area contributed by atoms with Crippen LogP contribution in [0.4, 0.5) is 0 Å². The maximum absolute atomic E-state index is 11.6. The number of hydrogen-bond acceptors (Lipinski definition) is 4. The van der Waals surface area contributed by atoms with Gasteiger partial charge in [0.05, 0.1) is 14.2 Å². The van der Waals surface area contributed by atoms with Gasteiger partial charge in [-0.3, -0.25) is 0 Å². The van der Waals surface area contributed by atoms with E-state index in [-0.39, 0.29) is 5.92 Å². The van der Waals surface area contributed by atoms with Crippen LogP contribution in [0.1, 0.15) is 33.6 Å². The van der Waals surface area contributed by atoms with E-state index in [9.17, 15) is 9.59 Å². The number of carbonyl (C=O) groups is 2. The lowest BCUT2D eigenvalue weighted by molar-refractivity contribution is -0.139. The molecule has 0 saturated heterocycles. The Morgan fingerprint density at radius 1 is 1.00 bits per heavy atom. The summed E-state index contributed by atoms with van der Waals surface area (Å²) in [5.74, 6) is -0.625. The molecule has 4 heteroatoms. The maximum atomic E-state index is 11.6. The Kier molecular flexibility index (Phi) is 6.46. The minimum absolute atomic E-state index is 0.278. The van der Waals surface area contributed by atoms with Crippen LogP contribution in [0.3, 0.4) is 0 Å². The molecule has 0 aliphatic heterocycles. The van der Waals surface area contributed by atoms with E-state index in [1.54, 1.807) is 0 Å². The fourth-order valence-electron chi connectivity index (χ4n) is 1.47. The smallest absolute Gasteiger partial charge is 0.334 e. The van der Waals surface area contributed by atoms with Gasteiger partial charge in [0.1, 0.15) is 0 Å². The van der Waals surface area contributed by atoms with Crippen LogP contribution in [-0.4, -0.2) is 26.2 Å². The normalized spacial score (nSPS) is 12.1. The van der Waals surface area contributed by atoms with Crippen LogP contribution in [0, 0.1) is 5.92 Å². The Morgan fingerprint density at radius 3 is 1.75 bits per heavy atom. The van der Waals surface area contributed by atoms with Crippen molar-refractivity contribution in [1.82, 2.24) is 0 Å². The third-order valence-corrected chi connectivity index (χ3v) is 2.19. The molecule has 0 unspecified atom stereocenters.